The van der Waals surface area contributed by atoms with E-state index in [0.29, 0.717) is 24.5 Å². The highest BCUT2D eigenvalue weighted by atomic mass is 16.3. The van der Waals surface area contributed by atoms with Gasteiger partial charge >= 0.3 is 0 Å². The molecule has 8 heteroatoms. The first-order chi connectivity index (χ1) is 15.5. The van der Waals surface area contributed by atoms with Gasteiger partial charge in [-0.3, -0.25) is 14.5 Å². The highest BCUT2D eigenvalue weighted by molar-refractivity contribution is 5.94. The molecule has 0 radical (unpaired) electrons. The Labute approximate surface area is 188 Å². The van der Waals surface area contributed by atoms with Gasteiger partial charge in [0.2, 0.25) is 5.91 Å². The molecule has 1 aromatic carbocycles. The molecule has 1 unspecified atom stereocenters. The van der Waals surface area contributed by atoms with E-state index >= 15 is 0 Å². The number of carbonyl (C=O) groups excluding carboxylic acids is 2. The molecule has 2 aliphatic heterocycles. The van der Waals surface area contributed by atoms with Crippen LogP contribution in [0.25, 0.3) is 0 Å². The molecule has 1 fully saturated rings. The molecule has 1 saturated heterocycles. The first-order valence-electron chi connectivity index (χ1n) is 11.2. The van der Waals surface area contributed by atoms with Gasteiger partial charge in [-0.05, 0) is 36.1 Å². The van der Waals surface area contributed by atoms with Gasteiger partial charge in [-0.1, -0.05) is 24.3 Å². The van der Waals surface area contributed by atoms with Crippen LogP contribution in [0.2, 0.25) is 0 Å². The number of aliphatic hydroxyl groups is 1. The van der Waals surface area contributed by atoms with Crippen LogP contribution in [0.3, 0.4) is 0 Å². The van der Waals surface area contributed by atoms with Gasteiger partial charge in [0.15, 0.2) is 0 Å². The van der Waals surface area contributed by atoms with Gasteiger partial charge in [-0.25, -0.2) is 4.98 Å². The maximum absolute atomic E-state index is 12.6. The average molecular weight is 438 g/mol. The van der Waals surface area contributed by atoms with Crippen molar-refractivity contribution in [1.82, 2.24) is 20.1 Å². The summed E-state index contributed by atoms with van der Waals surface area (Å²) in [5.41, 5.74) is 3.17. The minimum absolute atomic E-state index is 0.0720. The Morgan fingerprint density at radius 3 is 2.81 bits per heavy atom. The number of nitrogens with zero attached hydrogens (tertiary/aromatic N) is 3. The number of aromatic nitrogens is 1. The van der Waals surface area contributed by atoms with Gasteiger partial charge in [0.05, 0.1) is 6.10 Å². The molecule has 2 aromatic rings. The number of hydrogen-bond donors (Lipinski definition) is 3. The Morgan fingerprint density at radius 2 is 2.03 bits per heavy atom. The number of β-amino-alcohol motifs (C(OH)–C–C–N with tert-alkyl or cyclic N) is 1. The van der Waals surface area contributed by atoms with Crippen LogP contribution in [0, 0.1) is 0 Å². The van der Waals surface area contributed by atoms with Gasteiger partial charge in [-0.15, -0.1) is 0 Å². The number of pyridine rings is 1. The monoisotopic (exact) mass is 437 g/mol. The Hall–Kier alpha value is -2.97. The maximum atomic E-state index is 12.6. The number of benzene rings is 1. The second-order valence-electron chi connectivity index (χ2n) is 8.64. The summed E-state index contributed by atoms with van der Waals surface area (Å²) in [6, 6.07) is 11.9. The number of rotatable bonds is 7. The summed E-state index contributed by atoms with van der Waals surface area (Å²) >= 11 is 0. The number of hydrogen-bond acceptors (Lipinski definition) is 6. The van der Waals surface area contributed by atoms with E-state index in [1.807, 2.05) is 6.07 Å². The molecule has 0 spiro atoms. The number of amides is 2. The van der Waals surface area contributed by atoms with Gasteiger partial charge in [0.25, 0.3) is 5.91 Å². The van der Waals surface area contributed by atoms with E-state index < -0.39 is 6.10 Å². The van der Waals surface area contributed by atoms with Gasteiger partial charge in [0.1, 0.15) is 5.82 Å². The van der Waals surface area contributed by atoms with Crippen LogP contribution in [0.4, 0.5) is 5.82 Å². The number of likely N-dealkylation sites (tertiary alicyclic amines) is 1. The van der Waals surface area contributed by atoms with Gasteiger partial charge in [0, 0.05) is 64.0 Å². The summed E-state index contributed by atoms with van der Waals surface area (Å²) < 4.78 is 0. The Kier molecular flexibility index (Phi) is 7.02. The first kappa shape index (κ1) is 22.2. The topological polar surface area (TPSA) is 97.8 Å². The molecule has 2 amide bonds. The Balaban J connectivity index is 1.24. The molecule has 2 atom stereocenters. The summed E-state index contributed by atoms with van der Waals surface area (Å²) in [7, 11) is 0. The molecular formula is C24H31N5O3. The minimum atomic E-state index is -0.639. The molecule has 32 heavy (non-hydrogen) atoms. The van der Waals surface area contributed by atoms with Crippen molar-refractivity contribution in [3.8, 4) is 0 Å². The van der Waals surface area contributed by atoms with E-state index in [1.165, 1.54) is 11.1 Å². The van der Waals surface area contributed by atoms with Crippen LogP contribution in [-0.4, -0.2) is 76.6 Å². The molecule has 8 nitrogen and oxygen atoms in total. The largest absolute Gasteiger partial charge is 0.390 e. The minimum Gasteiger partial charge on any atom is -0.390 e. The zero-order valence-corrected chi connectivity index (χ0v) is 18.5. The zero-order valence-electron chi connectivity index (χ0n) is 18.5. The van der Waals surface area contributed by atoms with Crippen molar-refractivity contribution in [2.75, 3.05) is 38.0 Å². The fourth-order valence-electron chi connectivity index (χ4n) is 4.41. The second kappa shape index (κ2) is 10.1. The highest BCUT2D eigenvalue weighted by Crippen LogP contribution is 2.18. The number of fused-ring (bicyclic) bond motifs is 1. The third kappa shape index (κ3) is 5.63. The normalized spacial score (nSPS) is 19.3. The van der Waals surface area contributed by atoms with Crippen molar-refractivity contribution in [3.63, 3.8) is 0 Å². The predicted octanol–water partition coefficient (Wildman–Crippen LogP) is 1.26. The molecule has 0 saturated carbocycles. The fourth-order valence-corrected chi connectivity index (χ4v) is 4.41. The summed E-state index contributed by atoms with van der Waals surface area (Å²) in [5, 5.41) is 16.6. The van der Waals surface area contributed by atoms with Crippen molar-refractivity contribution in [2.24, 2.45) is 0 Å². The van der Waals surface area contributed by atoms with Crippen molar-refractivity contribution >= 4 is 17.6 Å². The molecule has 0 bridgehead atoms. The van der Waals surface area contributed by atoms with E-state index in [2.05, 4.69) is 38.7 Å². The second-order valence-corrected chi connectivity index (χ2v) is 8.64. The van der Waals surface area contributed by atoms with Crippen LogP contribution in [-0.2, 0) is 17.8 Å². The Bertz CT molecular complexity index is 966. The predicted molar refractivity (Wildman–Crippen MR) is 122 cm³/mol. The lowest BCUT2D eigenvalue weighted by Crippen LogP contribution is -2.42. The molecule has 0 aliphatic carbocycles. The molecule has 2 aliphatic rings. The van der Waals surface area contributed by atoms with E-state index in [0.717, 1.165) is 32.5 Å². The fraction of sp³-hybridized carbons (Fsp3) is 0.458. The summed E-state index contributed by atoms with van der Waals surface area (Å²) in [5.74, 6) is 0.443. The van der Waals surface area contributed by atoms with Crippen molar-refractivity contribution < 1.29 is 14.7 Å². The zero-order chi connectivity index (χ0) is 22.5. The van der Waals surface area contributed by atoms with Crippen molar-refractivity contribution in [3.05, 3.63) is 59.3 Å². The number of carbonyl (C=O) groups is 2. The van der Waals surface area contributed by atoms with Crippen LogP contribution >= 0.6 is 0 Å². The molecule has 3 heterocycles. The lowest BCUT2D eigenvalue weighted by molar-refractivity contribution is -0.127. The van der Waals surface area contributed by atoms with Crippen molar-refractivity contribution in [2.45, 2.75) is 38.5 Å². The third-order valence-electron chi connectivity index (χ3n) is 6.18. The standard InChI is InChI=1S/C24H31N5O3/c1-17(30)29-11-8-21(15-29)27-23-12-19(6-9-25-23)24(32)26-13-22(31)16-28-10-7-18-4-2-3-5-20(18)14-28/h2-6,9,12,21-22,31H,7-8,10-11,13-16H2,1H3,(H,25,27)(H,26,32)/t21?,22-/m0/s1. The quantitative estimate of drug-likeness (QED) is 0.604. The lowest BCUT2D eigenvalue weighted by atomic mass is 10.00. The van der Waals surface area contributed by atoms with Crippen LogP contribution in [0.15, 0.2) is 42.6 Å². The van der Waals surface area contributed by atoms with Crippen LogP contribution in [0.5, 0.6) is 0 Å². The molecule has 170 valence electrons. The summed E-state index contributed by atoms with van der Waals surface area (Å²) in [6.07, 6.45) is 2.79. The van der Waals surface area contributed by atoms with Gasteiger partial charge < -0.3 is 20.6 Å². The molecular weight excluding hydrogens is 406 g/mol. The summed E-state index contributed by atoms with van der Waals surface area (Å²) in [4.78, 5) is 32.4. The molecule has 4 rings (SSSR count). The average Bonchev–Trinajstić information content (AvgIpc) is 3.26. The van der Waals surface area contributed by atoms with E-state index in [-0.39, 0.29) is 24.4 Å². The lowest BCUT2D eigenvalue weighted by Gasteiger charge is -2.30. The van der Waals surface area contributed by atoms with Gasteiger partial charge in [-0.2, -0.15) is 0 Å². The Morgan fingerprint density at radius 1 is 1.22 bits per heavy atom. The van der Waals surface area contributed by atoms with Crippen LogP contribution < -0.4 is 10.6 Å². The van der Waals surface area contributed by atoms with E-state index in [4.69, 9.17) is 0 Å². The highest BCUT2D eigenvalue weighted by Gasteiger charge is 2.24. The van der Waals surface area contributed by atoms with E-state index in [1.54, 1.807) is 30.2 Å². The summed E-state index contributed by atoms with van der Waals surface area (Å²) in [6.45, 7) is 5.38. The number of nitrogens with one attached hydrogen (secondary N) is 2. The molecule has 3 N–H and O–H groups in total. The number of anilines is 1. The number of aliphatic hydroxyl groups excluding tert-OH is 1. The molecule has 1 aromatic heterocycles. The maximum Gasteiger partial charge on any atom is 0.251 e. The van der Waals surface area contributed by atoms with E-state index in [9.17, 15) is 14.7 Å². The SMILES string of the molecule is CC(=O)N1CCC(Nc2cc(C(=O)NC[C@H](O)CN3CCc4ccccc4C3)ccn2)C1. The first-order valence-corrected chi connectivity index (χ1v) is 11.2. The van der Waals surface area contributed by atoms with Crippen LogP contribution in [0.1, 0.15) is 34.8 Å². The smallest absolute Gasteiger partial charge is 0.251 e. The third-order valence-corrected chi connectivity index (χ3v) is 6.18. The van der Waals surface area contributed by atoms with Crippen molar-refractivity contribution in [1.29, 1.82) is 0 Å².